The summed E-state index contributed by atoms with van der Waals surface area (Å²) in [7, 11) is 0. The van der Waals surface area contributed by atoms with E-state index in [1.807, 2.05) is 4.90 Å². The van der Waals surface area contributed by atoms with Crippen LogP contribution < -0.4 is 0 Å². The number of hydrogen-bond donors (Lipinski definition) is 2. The van der Waals surface area contributed by atoms with E-state index in [9.17, 15) is 14.3 Å². The zero-order chi connectivity index (χ0) is 14.5. The third kappa shape index (κ3) is 3.55. The Kier molecular flexibility index (Phi) is 5.09. The largest absolute Gasteiger partial charge is 0.507 e. The van der Waals surface area contributed by atoms with Crippen LogP contribution in [0.2, 0.25) is 0 Å². The molecule has 0 spiro atoms. The number of rotatable bonds is 6. The molecule has 0 amide bonds. The molecule has 0 radical (unpaired) electrons. The Morgan fingerprint density at radius 3 is 2.70 bits per heavy atom. The number of aromatic hydroxyl groups is 1. The molecule has 1 aromatic rings. The first-order valence-corrected chi connectivity index (χ1v) is 6.98. The zero-order valence-corrected chi connectivity index (χ0v) is 11.4. The number of carbonyl (C=O) groups excluding carboxylic acids is 1. The van der Waals surface area contributed by atoms with E-state index in [-0.39, 0.29) is 30.2 Å². The van der Waals surface area contributed by atoms with Gasteiger partial charge in [-0.15, -0.1) is 0 Å². The fraction of sp³-hybridized carbons (Fsp3) is 0.533. The quantitative estimate of drug-likeness (QED) is 0.782. The lowest BCUT2D eigenvalue weighted by Gasteiger charge is -2.27. The zero-order valence-electron chi connectivity index (χ0n) is 11.4. The Morgan fingerprint density at radius 2 is 2.05 bits per heavy atom. The second-order valence-electron chi connectivity index (χ2n) is 5.22. The molecule has 0 unspecified atom stereocenters. The molecule has 5 heteroatoms. The molecule has 0 heterocycles. The summed E-state index contributed by atoms with van der Waals surface area (Å²) < 4.78 is 13.2. The van der Waals surface area contributed by atoms with Crippen LogP contribution in [-0.4, -0.2) is 46.6 Å². The van der Waals surface area contributed by atoms with Crippen LogP contribution in [0, 0.1) is 5.82 Å². The first kappa shape index (κ1) is 14.9. The molecule has 20 heavy (non-hydrogen) atoms. The maximum Gasteiger partial charge on any atom is 0.180 e. The van der Waals surface area contributed by atoms with Gasteiger partial charge in [0.1, 0.15) is 11.6 Å². The van der Waals surface area contributed by atoms with Gasteiger partial charge in [0.2, 0.25) is 0 Å². The number of carbonyl (C=O) groups is 1. The lowest BCUT2D eigenvalue weighted by Crippen LogP contribution is -2.39. The fourth-order valence-electron chi connectivity index (χ4n) is 2.79. The monoisotopic (exact) mass is 281 g/mol. The van der Waals surface area contributed by atoms with Crippen LogP contribution in [0.5, 0.6) is 5.75 Å². The van der Waals surface area contributed by atoms with Crippen molar-refractivity contribution in [3.63, 3.8) is 0 Å². The predicted octanol–water partition coefficient (Wildman–Crippen LogP) is 1.95. The highest BCUT2D eigenvalue weighted by Crippen LogP contribution is 2.24. The number of aliphatic hydroxyl groups excluding tert-OH is 1. The van der Waals surface area contributed by atoms with Gasteiger partial charge in [0.25, 0.3) is 0 Å². The molecule has 1 saturated carbocycles. The molecule has 2 rings (SSSR count). The number of phenols is 1. The van der Waals surface area contributed by atoms with E-state index >= 15 is 0 Å². The summed E-state index contributed by atoms with van der Waals surface area (Å²) in [5.74, 6) is -1.06. The van der Waals surface area contributed by atoms with Crippen molar-refractivity contribution in [2.75, 3.05) is 19.7 Å². The second-order valence-corrected chi connectivity index (χ2v) is 5.22. The van der Waals surface area contributed by atoms with Crippen LogP contribution in [0.25, 0.3) is 0 Å². The van der Waals surface area contributed by atoms with Crippen molar-refractivity contribution in [3.8, 4) is 5.75 Å². The van der Waals surface area contributed by atoms with E-state index < -0.39 is 5.82 Å². The second kappa shape index (κ2) is 6.81. The highest BCUT2D eigenvalue weighted by Gasteiger charge is 2.25. The molecule has 2 N–H and O–H groups in total. The molecule has 0 atom stereocenters. The van der Waals surface area contributed by atoms with Gasteiger partial charge in [-0.1, -0.05) is 12.8 Å². The normalized spacial score (nSPS) is 15.9. The predicted molar refractivity (Wildman–Crippen MR) is 73.3 cm³/mol. The van der Waals surface area contributed by atoms with Gasteiger partial charge >= 0.3 is 0 Å². The van der Waals surface area contributed by atoms with Crippen LogP contribution >= 0.6 is 0 Å². The van der Waals surface area contributed by atoms with E-state index in [0.717, 1.165) is 37.8 Å². The summed E-state index contributed by atoms with van der Waals surface area (Å²) in [5.41, 5.74) is 0.00550. The molecule has 110 valence electrons. The molecule has 0 saturated heterocycles. The molecule has 0 aromatic heterocycles. The minimum atomic E-state index is -0.541. The van der Waals surface area contributed by atoms with Crippen LogP contribution in [-0.2, 0) is 0 Å². The van der Waals surface area contributed by atoms with Crippen LogP contribution in [0.3, 0.4) is 0 Å². The van der Waals surface area contributed by atoms with Gasteiger partial charge in [-0.05, 0) is 31.0 Å². The minimum absolute atomic E-state index is 0.00550. The average Bonchev–Trinajstić information content (AvgIpc) is 2.95. The van der Waals surface area contributed by atoms with Gasteiger partial charge in [0, 0.05) is 12.6 Å². The third-order valence-corrected chi connectivity index (χ3v) is 3.83. The summed E-state index contributed by atoms with van der Waals surface area (Å²) in [6.45, 7) is 0.508. The Labute approximate surface area is 117 Å². The number of benzene rings is 1. The van der Waals surface area contributed by atoms with Crippen molar-refractivity contribution >= 4 is 5.78 Å². The SMILES string of the molecule is O=C(CN(CCO)C1CCCC1)c1cc(F)ccc1O. The smallest absolute Gasteiger partial charge is 0.180 e. The number of hydrogen-bond acceptors (Lipinski definition) is 4. The summed E-state index contributed by atoms with van der Waals surface area (Å²) in [6.07, 6.45) is 4.29. The van der Waals surface area contributed by atoms with E-state index in [2.05, 4.69) is 0 Å². The maximum atomic E-state index is 13.2. The van der Waals surface area contributed by atoms with Gasteiger partial charge in [-0.2, -0.15) is 0 Å². The topological polar surface area (TPSA) is 60.8 Å². The highest BCUT2D eigenvalue weighted by atomic mass is 19.1. The summed E-state index contributed by atoms with van der Waals surface area (Å²) in [6, 6.07) is 3.66. The van der Waals surface area contributed by atoms with E-state index in [1.165, 1.54) is 6.07 Å². The Hall–Kier alpha value is -1.46. The lowest BCUT2D eigenvalue weighted by atomic mass is 10.1. The Morgan fingerprint density at radius 1 is 1.35 bits per heavy atom. The third-order valence-electron chi connectivity index (χ3n) is 3.83. The summed E-state index contributed by atoms with van der Waals surface area (Å²) >= 11 is 0. The lowest BCUT2D eigenvalue weighted by molar-refractivity contribution is 0.0859. The van der Waals surface area contributed by atoms with Gasteiger partial charge in [-0.25, -0.2) is 4.39 Å². The molecule has 0 bridgehead atoms. The number of halogens is 1. The van der Waals surface area contributed by atoms with Crippen LogP contribution in [0.1, 0.15) is 36.0 Å². The fourth-order valence-corrected chi connectivity index (χ4v) is 2.79. The van der Waals surface area contributed by atoms with Crippen LogP contribution in [0.15, 0.2) is 18.2 Å². The number of aliphatic hydroxyl groups is 1. The van der Waals surface area contributed by atoms with Crippen molar-refractivity contribution in [2.45, 2.75) is 31.7 Å². The molecule has 0 aliphatic heterocycles. The summed E-state index contributed by atoms with van der Waals surface area (Å²) in [4.78, 5) is 14.1. The van der Waals surface area contributed by atoms with Crippen molar-refractivity contribution in [1.29, 1.82) is 0 Å². The van der Waals surface area contributed by atoms with Gasteiger partial charge in [0.15, 0.2) is 5.78 Å². The van der Waals surface area contributed by atoms with Crippen molar-refractivity contribution in [2.24, 2.45) is 0 Å². The van der Waals surface area contributed by atoms with Gasteiger partial charge in [-0.3, -0.25) is 9.69 Å². The molecule has 1 aliphatic carbocycles. The van der Waals surface area contributed by atoms with E-state index in [1.54, 1.807) is 0 Å². The number of nitrogens with zero attached hydrogens (tertiary/aromatic N) is 1. The average molecular weight is 281 g/mol. The Balaban J connectivity index is 2.09. The van der Waals surface area contributed by atoms with Gasteiger partial charge in [0.05, 0.1) is 18.7 Å². The molecule has 1 aliphatic rings. The highest BCUT2D eigenvalue weighted by molar-refractivity contribution is 6.00. The van der Waals surface area contributed by atoms with Crippen molar-refractivity contribution in [3.05, 3.63) is 29.6 Å². The van der Waals surface area contributed by atoms with E-state index in [4.69, 9.17) is 5.11 Å². The Bertz CT molecular complexity index is 472. The number of ketones is 1. The van der Waals surface area contributed by atoms with Crippen molar-refractivity contribution < 1.29 is 19.4 Å². The molecule has 4 nitrogen and oxygen atoms in total. The molecule has 1 aromatic carbocycles. The molecular formula is C15H20FNO3. The first-order valence-electron chi connectivity index (χ1n) is 6.98. The number of Topliss-reactive ketones (excluding diaryl/α,β-unsaturated/α-hetero) is 1. The van der Waals surface area contributed by atoms with Gasteiger partial charge < -0.3 is 10.2 Å². The summed E-state index contributed by atoms with van der Waals surface area (Å²) in [5, 5.41) is 18.8. The van der Waals surface area contributed by atoms with Crippen LogP contribution in [0.4, 0.5) is 4.39 Å². The molecular weight excluding hydrogens is 261 g/mol. The number of phenolic OH excluding ortho intramolecular Hbond substituents is 1. The maximum absolute atomic E-state index is 13.2. The first-order chi connectivity index (χ1) is 9.61. The van der Waals surface area contributed by atoms with E-state index in [0.29, 0.717) is 12.6 Å². The minimum Gasteiger partial charge on any atom is -0.507 e. The molecule has 1 fully saturated rings. The van der Waals surface area contributed by atoms with Crippen molar-refractivity contribution in [1.82, 2.24) is 4.90 Å². The standard InChI is InChI=1S/C15H20FNO3/c16-11-5-6-14(19)13(9-11)15(20)10-17(7-8-18)12-3-1-2-4-12/h5-6,9,12,18-19H,1-4,7-8,10H2.